The Morgan fingerprint density at radius 1 is 1.27 bits per heavy atom. The number of primary amides is 1. The van der Waals surface area contributed by atoms with Crippen LogP contribution in [0.3, 0.4) is 0 Å². The first-order valence-electron chi connectivity index (χ1n) is 7.71. The van der Waals surface area contributed by atoms with E-state index in [2.05, 4.69) is 10.6 Å². The van der Waals surface area contributed by atoms with Crippen molar-refractivity contribution in [2.45, 2.75) is 44.2 Å². The first-order chi connectivity index (χ1) is 10.5. The van der Waals surface area contributed by atoms with Crippen LogP contribution >= 0.6 is 0 Å². The van der Waals surface area contributed by atoms with Crippen molar-refractivity contribution in [1.29, 1.82) is 0 Å². The highest BCUT2D eigenvalue weighted by atomic mass is 19.1. The molecule has 0 radical (unpaired) electrons. The van der Waals surface area contributed by atoms with Crippen LogP contribution < -0.4 is 16.4 Å². The van der Waals surface area contributed by atoms with Crippen molar-refractivity contribution in [3.63, 3.8) is 0 Å². The Morgan fingerprint density at radius 2 is 2.05 bits per heavy atom. The van der Waals surface area contributed by atoms with Crippen LogP contribution in [0.2, 0.25) is 0 Å². The lowest BCUT2D eigenvalue weighted by molar-refractivity contribution is -0.117. The largest absolute Gasteiger partial charge is 0.366 e. The number of hydrogen-bond acceptors (Lipinski definition) is 3. The van der Waals surface area contributed by atoms with Gasteiger partial charge in [-0.25, -0.2) is 4.39 Å². The van der Waals surface area contributed by atoms with E-state index >= 15 is 0 Å². The highest BCUT2D eigenvalue weighted by molar-refractivity contribution is 5.98. The van der Waals surface area contributed by atoms with E-state index in [1.54, 1.807) is 0 Å². The maximum absolute atomic E-state index is 13.8. The summed E-state index contributed by atoms with van der Waals surface area (Å²) in [7, 11) is 0. The lowest BCUT2D eigenvalue weighted by atomic mass is 9.85. The van der Waals surface area contributed by atoms with Crippen LogP contribution in [-0.2, 0) is 4.79 Å². The molecule has 4 N–H and O–H groups in total. The van der Waals surface area contributed by atoms with Crippen LogP contribution in [0.5, 0.6) is 0 Å². The second-order valence-electron chi connectivity index (χ2n) is 6.15. The van der Waals surface area contributed by atoms with E-state index in [0.29, 0.717) is 12.0 Å². The summed E-state index contributed by atoms with van der Waals surface area (Å²) < 4.78 is 13.8. The highest BCUT2D eigenvalue weighted by Crippen LogP contribution is 2.33. The van der Waals surface area contributed by atoms with Crippen molar-refractivity contribution in [3.8, 4) is 0 Å². The van der Waals surface area contributed by atoms with E-state index in [1.807, 2.05) is 0 Å². The van der Waals surface area contributed by atoms with Crippen molar-refractivity contribution in [2.75, 3.05) is 5.32 Å². The number of amides is 2. The van der Waals surface area contributed by atoms with Crippen molar-refractivity contribution >= 4 is 17.5 Å². The number of rotatable bonds is 3. The molecule has 6 heteroatoms. The number of nitrogens with one attached hydrogen (secondary N) is 2. The lowest BCUT2D eigenvalue weighted by Gasteiger charge is -2.24. The molecule has 5 nitrogen and oxygen atoms in total. The summed E-state index contributed by atoms with van der Waals surface area (Å²) >= 11 is 0. The molecule has 3 unspecified atom stereocenters. The highest BCUT2D eigenvalue weighted by Gasteiger charge is 2.38. The lowest BCUT2D eigenvalue weighted by Crippen LogP contribution is -2.40. The summed E-state index contributed by atoms with van der Waals surface area (Å²) in [4.78, 5) is 23.5. The normalized spacial score (nSPS) is 27.2. The Kier molecular flexibility index (Phi) is 4.11. The van der Waals surface area contributed by atoms with E-state index in [-0.39, 0.29) is 23.2 Å². The zero-order valence-corrected chi connectivity index (χ0v) is 12.3. The average molecular weight is 305 g/mol. The van der Waals surface area contributed by atoms with Crippen molar-refractivity contribution < 1.29 is 14.0 Å². The molecular weight excluding hydrogens is 285 g/mol. The topological polar surface area (TPSA) is 84.2 Å². The fourth-order valence-corrected chi connectivity index (χ4v) is 3.52. The first kappa shape index (κ1) is 15.0. The third kappa shape index (κ3) is 2.97. The van der Waals surface area contributed by atoms with Gasteiger partial charge in [-0.2, -0.15) is 0 Å². The number of halogens is 1. The van der Waals surface area contributed by atoms with Crippen LogP contribution in [0, 0.1) is 11.7 Å². The molecule has 1 saturated heterocycles. The summed E-state index contributed by atoms with van der Waals surface area (Å²) in [5.74, 6) is -0.949. The fraction of sp³-hybridized carbons (Fsp3) is 0.500. The summed E-state index contributed by atoms with van der Waals surface area (Å²) in [6.45, 7) is 0. The Morgan fingerprint density at radius 3 is 2.77 bits per heavy atom. The minimum Gasteiger partial charge on any atom is -0.366 e. The Bertz CT molecular complexity index is 591. The summed E-state index contributed by atoms with van der Waals surface area (Å²) in [5, 5.41) is 5.92. The Balaban J connectivity index is 1.69. The number of carbonyl (C=O) groups excluding carboxylic acids is 2. The quantitative estimate of drug-likeness (QED) is 0.796. The molecule has 2 fully saturated rings. The molecule has 1 aliphatic carbocycles. The SMILES string of the molecule is NC(=O)c1ccc(F)c(NC(=O)C2CC3CCCCC3N2)c1. The minimum atomic E-state index is -0.652. The molecule has 1 aromatic carbocycles. The van der Waals surface area contributed by atoms with Crippen molar-refractivity contribution in [2.24, 2.45) is 11.7 Å². The molecule has 0 bridgehead atoms. The molecule has 1 heterocycles. The summed E-state index contributed by atoms with van der Waals surface area (Å²) in [5.41, 5.74) is 5.35. The minimum absolute atomic E-state index is 0.00188. The van der Waals surface area contributed by atoms with Gasteiger partial charge in [-0.1, -0.05) is 12.8 Å². The molecule has 0 spiro atoms. The number of anilines is 1. The van der Waals surface area contributed by atoms with Gasteiger partial charge < -0.3 is 16.4 Å². The van der Waals surface area contributed by atoms with Crippen LogP contribution in [0.1, 0.15) is 42.5 Å². The fourth-order valence-electron chi connectivity index (χ4n) is 3.52. The van der Waals surface area contributed by atoms with Gasteiger partial charge in [0.1, 0.15) is 5.82 Å². The van der Waals surface area contributed by atoms with Gasteiger partial charge in [0, 0.05) is 11.6 Å². The Hall–Kier alpha value is -1.95. The van der Waals surface area contributed by atoms with Crippen molar-refractivity contribution in [1.82, 2.24) is 5.32 Å². The molecule has 1 saturated carbocycles. The number of hydrogen-bond donors (Lipinski definition) is 3. The second kappa shape index (κ2) is 6.04. The Labute approximate surface area is 128 Å². The van der Waals surface area contributed by atoms with Crippen LogP contribution in [0.25, 0.3) is 0 Å². The molecule has 1 aliphatic heterocycles. The van der Waals surface area contributed by atoms with Crippen LogP contribution in [0.4, 0.5) is 10.1 Å². The van der Waals surface area contributed by atoms with E-state index in [9.17, 15) is 14.0 Å². The maximum atomic E-state index is 13.8. The van der Waals surface area contributed by atoms with Crippen LogP contribution in [-0.4, -0.2) is 23.9 Å². The molecule has 1 aromatic rings. The van der Waals surface area contributed by atoms with E-state index in [4.69, 9.17) is 5.73 Å². The average Bonchev–Trinajstić information content (AvgIpc) is 2.93. The molecule has 2 aliphatic rings. The number of fused-ring (bicyclic) bond motifs is 1. The van der Waals surface area contributed by atoms with Crippen LogP contribution in [0.15, 0.2) is 18.2 Å². The first-order valence-corrected chi connectivity index (χ1v) is 7.71. The zero-order valence-electron chi connectivity index (χ0n) is 12.3. The van der Waals surface area contributed by atoms with Crippen molar-refractivity contribution in [3.05, 3.63) is 29.6 Å². The standard InChI is InChI=1S/C16H20FN3O2/c17-11-6-5-10(15(18)21)8-13(11)20-16(22)14-7-9-3-1-2-4-12(9)19-14/h5-6,8-9,12,14,19H,1-4,7H2,(H2,18,21)(H,20,22). The summed E-state index contributed by atoms with van der Waals surface area (Å²) in [6.07, 6.45) is 5.44. The van der Waals surface area contributed by atoms with Gasteiger partial charge in [0.25, 0.3) is 0 Å². The van der Waals surface area contributed by atoms with Gasteiger partial charge in [-0.05, 0) is 43.4 Å². The molecule has 118 valence electrons. The van der Waals surface area contributed by atoms with E-state index < -0.39 is 11.7 Å². The molecule has 3 rings (SSSR count). The van der Waals surface area contributed by atoms with Gasteiger partial charge in [0.15, 0.2) is 0 Å². The van der Waals surface area contributed by atoms with Gasteiger partial charge >= 0.3 is 0 Å². The zero-order chi connectivity index (χ0) is 15.7. The van der Waals surface area contributed by atoms with E-state index in [0.717, 1.165) is 25.3 Å². The number of benzene rings is 1. The number of carbonyl (C=O) groups is 2. The predicted octanol–water partition coefficient (Wildman–Crippen LogP) is 1.78. The maximum Gasteiger partial charge on any atom is 0.248 e. The monoisotopic (exact) mass is 305 g/mol. The molecule has 0 aromatic heterocycles. The molecule has 2 amide bonds. The molecular formula is C16H20FN3O2. The third-order valence-electron chi connectivity index (χ3n) is 4.69. The third-order valence-corrected chi connectivity index (χ3v) is 4.69. The number of nitrogens with two attached hydrogens (primary N) is 1. The summed E-state index contributed by atoms with van der Waals surface area (Å²) in [6, 6.07) is 3.81. The van der Waals surface area contributed by atoms with Gasteiger partial charge in [-0.3, -0.25) is 9.59 Å². The van der Waals surface area contributed by atoms with Gasteiger partial charge in [0.2, 0.25) is 11.8 Å². The molecule has 3 atom stereocenters. The smallest absolute Gasteiger partial charge is 0.248 e. The van der Waals surface area contributed by atoms with Gasteiger partial charge in [-0.15, -0.1) is 0 Å². The predicted molar refractivity (Wildman–Crippen MR) is 80.8 cm³/mol. The van der Waals surface area contributed by atoms with E-state index in [1.165, 1.54) is 25.0 Å². The molecule has 22 heavy (non-hydrogen) atoms. The van der Waals surface area contributed by atoms with Gasteiger partial charge in [0.05, 0.1) is 11.7 Å². The second-order valence-corrected chi connectivity index (χ2v) is 6.15.